The Morgan fingerprint density at radius 3 is 2.76 bits per heavy atom. The van der Waals surface area contributed by atoms with Crippen molar-refractivity contribution in [3.63, 3.8) is 0 Å². The summed E-state index contributed by atoms with van der Waals surface area (Å²) in [6, 6.07) is 3.54. The van der Waals surface area contributed by atoms with Crippen LogP contribution in [0.15, 0.2) is 21.7 Å². The summed E-state index contributed by atoms with van der Waals surface area (Å²) in [5.41, 5.74) is 0. The third kappa shape index (κ3) is 2.54. The highest BCUT2D eigenvalue weighted by Gasteiger charge is 2.35. The van der Waals surface area contributed by atoms with Crippen molar-refractivity contribution in [2.75, 3.05) is 13.1 Å². The summed E-state index contributed by atoms with van der Waals surface area (Å²) < 4.78 is 27.2. The third-order valence-electron chi connectivity index (χ3n) is 2.93. The Kier molecular flexibility index (Phi) is 3.87. The molecule has 2 rings (SSSR count). The van der Waals surface area contributed by atoms with Gasteiger partial charge in [0, 0.05) is 18.6 Å². The number of nitrogens with zero attached hydrogens (tertiary/aromatic N) is 1. The van der Waals surface area contributed by atoms with Gasteiger partial charge < -0.3 is 5.32 Å². The molecule has 0 spiro atoms. The normalized spacial score (nSPS) is 21.5. The molecule has 1 saturated heterocycles. The maximum Gasteiger partial charge on any atom is 0.253 e. The Morgan fingerprint density at radius 2 is 2.29 bits per heavy atom. The van der Waals surface area contributed by atoms with Gasteiger partial charge in [0.2, 0.25) is 0 Å². The fourth-order valence-corrected chi connectivity index (χ4v) is 5.21. The van der Waals surface area contributed by atoms with E-state index in [9.17, 15) is 8.42 Å². The van der Waals surface area contributed by atoms with Gasteiger partial charge in [-0.3, -0.25) is 0 Å². The smallest absolute Gasteiger partial charge is 0.253 e. The molecule has 2 heterocycles. The molecule has 0 amide bonds. The van der Waals surface area contributed by atoms with Gasteiger partial charge in [0.15, 0.2) is 0 Å². The van der Waals surface area contributed by atoms with Gasteiger partial charge in [-0.1, -0.05) is 6.07 Å². The molecule has 0 aromatic carbocycles. The van der Waals surface area contributed by atoms with Gasteiger partial charge in [0.05, 0.1) is 0 Å². The van der Waals surface area contributed by atoms with Crippen LogP contribution < -0.4 is 5.32 Å². The fraction of sp³-hybridized carbons (Fsp3) is 0.636. The summed E-state index contributed by atoms with van der Waals surface area (Å²) in [6.45, 7) is 5.52. The topological polar surface area (TPSA) is 49.4 Å². The molecule has 1 N–H and O–H groups in total. The predicted molar refractivity (Wildman–Crippen MR) is 69.8 cm³/mol. The quantitative estimate of drug-likeness (QED) is 0.905. The molecule has 4 nitrogen and oxygen atoms in total. The van der Waals surface area contributed by atoms with Gasteiger partial charge in [-0.05, 0) is 38.3 Å². The van der Waals surface area contributed by atoms with Crippen molar-refractivity contribution in [2.24, 2.45) is 0 Å². The van der Waals surface area contributed by atoms with Crippen LogP contribution in [0.4, 0.5) is 0 Å². The van der Waals surface area contributed by atoms with Crippen LogP contribution in [0, 0.1) is 0 Å². The van der Waals surface area contributed by atoms with Crippen molar-refractivity contribution in [1.82, 2.24) is 9.62 Å². The highest BCUT2D eigenvalue weighted by atomic mass is 32.2. The first-order chi connectivity index (χ1) is 8.03. The van der Waals surface area contributed by atoms with Crippen LogP contribution in [0.2, 0.25) is 0 Å². The minimum Gasteiger partial charge on any atom is -0.315 e. The van der Waals surface area contributed by atoms with E-state index in [1.165, 1.54) is 11.3 Å². The zero-order chi connectivity index (χ0) is 12.5. The van der Waals surface area contributed by atoms with Crippen molar-refractivity contribution < 1.29 is 8.42 Å². The van der Waals surface area contributed by atoms with E-state index >= 15 is 0 Å². The monoisotopic (exact) mass is 274 g/mol. The summed E-state index contributed by atoms with van der Waals surface area (Å²) in [7, 11) is -3.33. The average Bonchev–Trinajstić information content (AvgIpc) is 2.88. The van der Waals surface area contributed by atoms with E-state index in [-0.39, 0.29) is 12.1 Å². The molecule has 1 aromatic heterocycles. The second kappa shape index (κ2) is 5.06. The molecule has 1 atom stereocenters. The molecular formula is C11H18N2O2S2. The average molecular weight is 274 g/mol. The summed E-state index contributed by atoms with van der Waals surface area (Å²) in [6.07, 6.45) is 0.892. The number of sulfonamides is 1. The van der Waals surface area contributed by atoms with Crippen LogP contribution in [0.5, 0.6) is 0 Å². The second-order valence-electron chi connectivity index (χ2n) is 4.51. The van der Waals surface area contributed by atoms with E-state index in [0.717, 1.165) is 19.5 Å². The van der Waals surface area contributed by atoms with Gasteiger partial charge in [-0.25, -0.2) is 8.42 Å². The molecule has 0 bridgehead atoms. The first-order valence-electron chi connectivity index (χ1n) is 5.81. The Morgan fingerprint density at radius 1 is 1.53 bits per heavy atom. The first kappa shape index (κ1) is 13.0. The predicted octanol–water partition coefficient (Wildman–Crippen LogP) is 1.51. The molecule has 1 fully saturated rings. The zero-order valence-electron chi connectivity index (χ0n) is 10.1. The number of rotatable bonds is 4. The van der Waals surface area contributed by atoms with E-state index in [1.807, 2.05) is 13.8 Å². The van der Waals surface area contributed by atoms with E-state index in [1.54, 1.807) is 21.8 Å². The molecule has 0 radical (unpaired) electrons. The largest absolute Gasteiger partial charge is 0.315 e. The molecular weight excluding hydrogens is 256 g/mol. The van der Waals surface area contributed by atoms with Crippen LogP contribution in [0.1, 0.15) is 20.3 Å². The van der Waals surface area contributed by atoms with E-state index < -0.39 is 10.0 Å². The SMILES string of the molecule is CC(C)N(C1CCNC1)S(=O)(=O)c1cccs1. The second-order valence-corrected chi connectivity index (χ2v) is 7.53. The minimum atomic E-state index is -3.33. The van der Waals surface area contributed by atoms with Crippen LogP contribution in [0.25, 0.3) is 0 Å². The lowest BCUT2D eigenvalue weighted by molar-refractivity contribution is 0.287. The highest BCUT2D eigenvalue weighted by Crippen LogP contribution is 2.26. The molecule has 1 aliphatic heterocycles. The minimum absolute atomic E-state index is 0.00741. The lowest BCUT2D eigenvalue weighted by atomic mass is 10.2. The van der Waals surface area contributed by atoms with Gasteiger partial charge >= 0.3 is 0 Å². The molecule has 1 unspecified atom stereocenters. The highest BCUT2D eigenvalue weighted by molar-refractivity contribution is 7.91. The number of thiophene rings is 1. The summed E-state index contributed by atoms with van der Waals surface area (Å²) in [5, 5.41) is 5.03. The van der Waals surface area contributed by atoms with Crippen molar-refractivity contribution in [3.8, 4) is 0 Å². The van der Waals surface area contributed by atoms with E-state index in [4.69, 9.17) is 0 Å². The maximum absolute atomic E-state index is 12.5. The molecule has 1 aliphatic rings. The maximum atomic E-state index is 12.5. The Balaban J connectivity index is 2.33. The lowest BCUT2D eigenvalue weighted by Gasteiger charge is -2.30. The van der Waals surface area contributed by atoms with Gasteiger partial charge in [0.1, 0.15) is 4.21 Å². The molecule has 0 aliphatic carbocycles. The van der Waals surface area contributed by atoms with Crippen molar-refractivity contribution in [1.29, 1.82) is 0 Å². The molecule has 96 valence electrons. The Labute approximate surface area is 107 Å². The summed E-state index contributed by atoms with van der Waals surface area (Å²) in [4.78, 5) is 0. The molecule has 17 heavy (non-hydrogen) atoms. The van der Waals surface area contributed by atoms with Crippen molar-refractivity contribution >= 4 is 21.4 Å². The summed E-state index contributed by atoms with van der Waals surface area (Å²) >= 11 is 1.28. The number of hydrogen-bond acceptors (Lipinski definition) is 4. The standard InChI is InChI=1S/C11H18N2O2S2/c1-9(2)13(10-5-6-12-8-10)17(14,15)11-4-3-7-16-11/h3-4,7,9-10,12H,5-6,8H2,1-2H3. The van der Waals surface area contributed by atoms with Crippen LogP contribution in [0.3, 0.4) is 0 Å². The van der Waals surface area contributed by atoms with Gasteiger partial charge in [0.25, 0.3) is 10.0 Å². The Hall–Kier alpha value is -0.430. The molecule has 1 aromatic rings. The number of nitrogens with one attached hydrogen (secondary N) is 1. The van der Waals surface area contributed by atoms with Crippen LogP contribution in [-0.2, 0) is 10.0 Å². The van der Waals surface area contributed by atoms with E-state index in [0.29, 0.717) is 4.21 Å². The van der Waals surface area contributed by atoms with Crippen LogP contribution >= 0.6 is 11.3 Å². The van der Waals surface area contributed by atoms with Crippen molar-refractivity contribution in [2.45, 2.75) is 36.6 Å². The van der Waals surface area contributed by atoms with E-state index in [2.05, 4.69) is 5.32 Å². The third-order valence-corrected chi connectivity index (χ3v) is 6.43. The van der Waals surface area contributed by atoms with Crippen molar-refractivity contribution in [3.05, 3.63) is 17.5 Å². The van der Waals surface area contributed by atoms with Crippen LogP contribution in [-0.4, -0.2) is 37.9 Å². The fourth-order valence-electron chi connectivity index (χ4n) is 2.27. The van der Waals surface area contributed by atoms with Gasteiger partial charge in [-0.2, -0.15) is 4.31 Å². The Bertz CT molecular complexity index is 448. The summed E-state index contributed by atoms with van der Waals surface area (Å²) in [5.74, 6) is 0. The molecule has 0 saturated carbocycles. The number of hydrogen-bond donors (Lipinski definition) is 1. The zero-order valence-corrected chi connectivity index (χ0v) is 11.7. The van der Waals surface area contributed by atoms with Gasteiger partial charge in [-0.15, -0.1) is 11.3 Å². The molecule has 6 heteroatoms. The first-order valence-corrected chi connectivity index (χ1v) is 8.13. The lowest BCUT2D eigenvalue weighted by Crippen LogP contribution is -2.45.